The molecule has 0 aliphatic carbocycles. The Morgan fingerprint density at radius 2 is 2.07 bits per heavy atom. The first-order valence-corrected chi connectivity index (χ1v) is 5.62. The summed E-state index contributed by atoms with van der Waals surface area (Å²) in [6.45, 7) is 3.45. The summed E-state index contributed by atoms with van der Waals surface area (Å²) in [5.74, 6) is 0.538. The zero-order chi connectivity index (χ0) is 11.5. The summed E-state index contributed by atoms with van der Waals surface area (Å²) in [4.78, 5) is 0. The predicted octanol–water partition coefficient (Wildman–Crippen LogP) is 1.65. The number of para-hydroxylation sites is 2. The van der Waals surface area contributed by atoms with Crippen molar-refractivity contribution < 1.29 is 13.5 Å². The third-order valence-electron chi connectivity index (χ3n) is 1.97. The lowest BCUT2D eigenvalue weighted by molar-refractivity contribution is 0.280. The topological polar surface area (TPSA) is 72.5 Å². The van der Waals surface area contributed by atoms with Gasteiger partial charge in [0.1, 0.15) is 12.4 Å². The molecule has 0 saturated carbocycles. The summed E-state index contributed by atoms with van der Waals surface area (Å²) >= 11 is -1.92. The van der Waals surface area contributed by atoms with Crippen LogP contribution in [0.2, 0.25) is 0 Å². The average Bonchev–Trinajstić information content (AvgIpc) is 2.16. The van der Waals surface area contributed by atoms with Crippen molar-refractivity contribution in [3.8, 4) is 5.75 Å². The van der Waals surface area contributed by atoms with E-state index in [4.69, 9.17) is 15.0 Å². The summed E-state index contributed by atoms with van der Waals surface area (Å²) in [7, 11) is 0. The van der Waals surface area contributed by atoms with Crippen LogP contribution in [0.4, 0.5) is 5.69 Å². The molecule has 5 heteroatoms. The molecular formula is C10H15NO3S. The van der Waals surface area contributed by atoms with E-state index in [9.17, 15) is 4.21 Å². The minimum absolute atomic E-state index is 0.143. The van der Waals surface area contributed by atoms with Gasteiger partial charge in [0.05, 0.1) is 10.4 Å². The number of hydrogen-bond donors (Lipinski definition) is 2. The molecule has 0 aromatic heterocycles. The van der Waals surface area contributed by atoms with Gasteiger partial charge in [-0.05, 0) is 26.0 Å². The first kappa shape index (κ1) is 12.0. The third-order valence-corrected chi connectivity index (χ3v) is 3.03. The molecule has 1 aromatic carbocycles. The van der Waals surface area contributed by atoms with Crippen LogP contribution in [0.1, 0.15) is 13.8 Å². The van der Waals surface area contributed by atoms with Crippen molar-refractivity contribution in [3.05, 3.63) is 24.3 Å². The number of ether oxygens (including phenoxy) is 1. The highest BCUT2D eigenvalue weighted by atomic mass is 32.2. The van der Waals surface area contributed by atoms with E-state index in [-0.39, 0.29) is 6.61 Å². The Kier molecular flexibility index (Phi) is 3.71. The van der Waals surface area contributed by atoms with Crippen LogP contribution in [0.5, 0.6) is 5.75 Å². The highest BCUT2D eigenvalue weighted by Crippen LogP contribution is 2.22. The maximum absolute atomic E-state index is 10.9. The minimum atomic E-state index is -1.92. The van der Waals surface area contributed by atoms with Gasteiger partial charge in [0.2, 0.25) is 0 Å². The van der Waals surface area contributed by atoms with Crippen LogP contribution in [0.15, 0.2) is 24.3 Å². The molecule has 0 bridgehead atoms. The standard InChI is InChI=1S/C10H15NO3S/c1-10(2,15(12)13)7-14-9-6-4-3-5-8(9)11/h3-6H,7,11H2,1-2H3,(H,12,13). The first-order valence-electron chi connectivity index (χ1n) is 4.52. The molecule has 84 valence electrons. The largest absolute Gasteiger partial charge is 0.490 e. The fraction of sp³-hybridized carbons (Fsp3) is 0.400. The molecule has 1 aromatic rings. The monoisotopic (exact) mass is 229 g/mol. The van der Waals surface area contributed by atoms with Crippen LogP contribution >= 0.6 is 0 Å². The highest BCUT2D eigenvalue weighted by molar-refractivity contribution is 7.80. The Morgan fingerprint density at radius 3 is 2.60 bits per heavy atom. The van der Waals surface area contributed by atoms with Gasteiger partial charge < -0.3 is 15.0 Å². The molecule has 15 heavy (non-hydrogen) atoms. The summed E-state index contributed by atoms with van der Waals surface area (Å²) in [6, 6.07) is 7.05. The van der Waals surface area contributed by atoms with Crippen LogP contribution in [0.25, 0.3) is 0 Å². The van der Waals surface area contributed by atoms with E-state index < -0.39 is 15.8 Å². The van der Waals surface area contributed by atoms with E-state index in [1.807, 2.05) is 0 Å². The van der Waals surface area contributed by atoms with E-state index in [1.165, 1.54) is 0 Å². The van der Waals surface area contributed by atoms with Crippen LogP contribution < -0.4 is 10.5 Å². The fourth-order valence-corrected chi connectivity index (χ4v) is 1.07. The van der Waals surface area contributed by atoms with Gasteiger partial charge >= 0.3 is 0 Å². The van der Waals surface area contributed by atoms with Gasteiger partial charge in [-0.3, -0.25) is 0 Å². The second-order valence-corrected chi connectivity index (χ2v) is 5.44. The molecule has 3 N–H and O–H groups in total. The van der Waals surface area contributed by atoms with Crippen molar-refractivity contribution in [2.24, 2.45) is 0 Å². The van der Waals surface area contributed by atoms with E-state index in [0.717, 1.165) is 0 Å². The molecule has 0 amide bonds. The van der Waals surface area contributed by atoms with Gasteiger partial charge in [-0.1, -0.05) is 12.1 Å². The highest BCUT2D eigenvalue weighted by Gasteiger charge is 2.26. The number of anilines is 1. The van der Waals surface area contributed by atoms with Crippen molar-refractivity contribution in [3.63, 3.8) is 0 Å². The molecule has 0 heterocycles. The Labute approximate surface area is 91.7 Å². The molecular weight excluding hydrogens is 214 g/mol. The fourth-order valence-electron chi connectivity index (χ4n) is 0.914. The first-order chi connectivity index (χ1) is 6.93. The van der Waals surface area contributed by atoms with E-state index >= 15 is 0 Å². The number of hydrogen-bond acceptors (Lipinski definition) is 3. The van der Waals surface area contributed by atoms with Crippen molar-refractivity contribution in [2.75, 3.05) is 12.3 Å². The van der Waals surface area contributed by atoms with Crippen molar-refractivity contribution in [1.82, 2.24) is 0 Å². The number of benzene rings is 1. The Hall–Kier alpha value is -1.07. The van der Waals surface area contributed by atoms with Crippen molar-refractivity contribution >= 4 is 16.8 Å². The van der Waals surface area contributed by atoms with E-state index in [1.54, 1.807) is 38.1 Å². The lowest BCUT2D eigenvalue weighted by Crippen LogP contribution is -2.33. The number of rotatable bonds is 4. The smallest absolute Gasteiger partial charge is 0.162 e. The summed E-state index contributed by atoms with van der Waals surface area (Å²) in [5, 5.41) is 0. The summed E-state index contributed by atoms with van der Waals surface area (Å²) in [5.41, 5.74) is 6.19. The normalized spacial score (nSPS) is 13.5. The van der Waals surface area contributed by atoms with Crippen molar-refractivity contribution in [2.45, 2.75) is 18.6 Å². The molecule has 0 radical (unpaired) electrons. The zero-order valence-electron chi connectivity index (χ0n) is 8.77. The van der Waals surface area contributed by atoms with Gasteiger partial charge in [0, 0.05) is 0 Å². The Bertz CT molecular complexity index is 365. The maximum Gasteiger partial charge on any atom is 0.162 e. The minimum Gasteiger partial charge on any atom is -0.490 e. The summed E-state index contributed by atoms with van der Waals surface area (Å²) in [6.07, 6.45) is 0. The lowest BCUT2D eigenvalue weighted by atomic mass is 10.2. The molecule has 4 nitrogen and oxygen atoms in total. The Morgan fingerprint density at radius 1 is 1.47 bits per heavy atom. The van der Waals surface area contributed by atoms with Crippen molar-refractivity contribution in [1.29, 1.82) is 0 Å². The van der Waals surface area contributed by atoms with E-state index in [0.29, 0.717) is 11.4 Å². The number of nitrogens with two attached hydrogens (primary N) is 1. The second-order valence-electron chi connectivity index (χ2n) is 3.84. The average molecular weight is 229 g/mol. The molecule has 1 rings (SSSR count). The third kappa shape index (κ3) is 3.21. The van der Waals surface area contributed by atoms with Crippen LogP contribution in [-0.4, -0.2) is 20.1 Å². The van der Waals surface area contributed by atoms with Gasteiger partial charge in [-0.2, -0.15) is 0 Å². The molecule has 1 atom stereocenters. The SMILES string of the molecule is CC(C)(COc1ccccc1N)S(=O)O. The van der Waals surface area contributed by atoms with Gasteiger partial charge in [-0.15, -0.1) is 0 Å². The Balaban J connectivity index is 2.66. The predicted molar refractivity (Wildman–Crippen MR) is 61.2 cm³/mol. The van der Waals surface area contributed by atoms with Crippen LogP contribution in [-0.2, 0) is 11.1 Å². The van der Waals surface area contributed by atoms with Gasteiger partial charge in [-0.25, -0.2) is 4.21 Å². The van der Waals surface area contributed by atoms with Crippen LogP contribution in [0.3, 0.4) is 0 Å². The molecule has 0 fully saturated rings. The maximum atomic E-state index is 10.9. The molecule has 1 unspecified atom stereocenters. The van der Waals surface area contributed by atoms with E-state index in [2.05, 4.69) is 0 Å². The quantitative estimate of drug-likeness (QED) is 0.608. The summed E-state index contributed by atoms with van der Waals surface area (Å²) < 4.78 is 24.5. The molecule has 0 saturated heterocycles. The van der Waals surface area contributed by atoms with Crippen LogP contribution in [0, 0.1) is 0 Å². The second kappa shape index (κ2) is 4.63. The number of nitrogen functional groups attached to an aromatic ring is 1. The lowest BCUT2D eigenvalue weighted by Gasteiger charge is -2.20. The van der Waals surface area contributed by atoms with Gasteiger partial charge in [0.15, 0.2) is 11.1 Å². The molecule has 0 aliphatic rings. The molecule has 0 aliphatic heterocycles. The van der Waals surface area contributed by atoms with Gasteiger partial charge in [0.25, 0.3) is 0 Å². The zero-order valence-corrected chi connectivity index (χ0v) is 9.58. The molecule has 0 spiro atoms.